The number of rotatable bonds is 3. The third kappa shape index (κ3) is 2.66. The molecule has 0 heterocycles. The van der Waals surface area contributed by atoms with Crippen LogP contribution in [0.5, 0.6) is 0 Å². The molecule has 0 bridgehead atoms. The van der Waals surface area contributed by atoms with Gasteiger partial charge in [0.2, 0.25) is 0 Å². The Morgan fingerprint density at radius 2 is 2.22 bits per heavy atom. The summed E-state index contributed by atoms with van der Waals surface area (Å²) >= 11 is 0. The normalized spacial score (nSPS) is 16.7. The van der Waals surface area contributed by atoms with Gasteiger partial charge in [-0.3, -0.25) is 4.79 Å². The summed E-state index contributed by atoms with van der Waals surface area (Å²) in [5, 5.41) is 8.37. The Hall–Kier alpha value is -0.300. The molecule has 2 atom stereocenters. The van der Waals surface area contributed by atoms with Crippen molar-refractivity contribution < 1.29 is 14.5 Å². The van der Waals surface area contributed by atoms with E-state index in [4.69, 9.17) is 5.11 Å². The smallest absolute Gasteiger partial charge is 0.313 e. The summed E-state index contributed by atoms with van der Waals surface area (Å²) in [5.74, 6) is -0.941. The molecule has 0 radical (unpaired) electrons. The molecule has 0 aliphatic heterocycles. The molecule has 9 heavy (non-hydrogen) atoms. The number of carboxylic acid groups (broad SMARTS) is 1. The molecule has 0 fully saturated rings. The van der Waals surface area contributed by atoms with E-state index in [9.17, 15) is 9.36 Å². The summed E-state index contributed by atoms with van der Waals surface area (Å²) in [4.78, 5) is 10.2. The van der Waals surface area contributed by atoms with Crippen molar-refractivity contribution in [2.24, 2.45) is 0 Å². The fourth-order valence-corrected chi connectivity index (χ4v) is 1.56. The summed E-state index contributed by atoms with van der Waals surface area (Å²) < 4.78 is 10.6. The Balaban J connectivity index is 3.99. The number of hydrogen-bond acceptors (Lipinski definition) is 2. The van der Waals surface area contributed by atoms with Gasteiger partial charge in [-0.15, -0.1) is 0 Å². The van der Waals surface area contributed by atoms with Crippen LogP contribution >= 0.6 is 7.80 Å². The topological polar surface area (TPSA) is 54.4 Å². The fourth-order valence-electron chi connectivity index (χ4n) is 0.636. The first kappa shape index (κ1) is 8.70. The van der Waals surface area contributed by atoms with Crippen LogP contribution in [0.25, 0.3) is 0 Å². The molecule has 1 N–H and O–H groups in total. The first-order chi connectivity index (χ1) is 4.09. The molecular formula is C5H11O3P. The average Bonchev–Trinajstić information content (AvgIpc) is 1.64. The molecule has 0 aromatic carbocycles. The van der Waals surface area contributed by atoms with Gasteiger partial charge in [-0.1, -0.05) is 6.92 Å². The van der Waals surface area contributed by atoms with Gasteiger partial charge in [0.25, 0.3) is 0 Å². The summed E-state index contributed by atoms with van der Waals surface area (Å²) in [6, 6.07) is 0. The SMILES string of the molecule is CCC(C(=O)O)[PH](C)=O. The summed E-state index contributed by atoms with van der Waals surface area (Å²) in [7, 11) is -1.87. The molecule has 54 valence electrons. The number of carboxylic acids is 1. The van der Waals surface area contributed by atoms with Crippen molar-refractivity contribution in [3.63, 3.8) is 0 Å². The lowest BCUT2D eigenvalue weighted by atomic mass is 10.3. The third-order valence-electron chi connectivity index (χ3n) is 1.20. The lowest BCUT2D eigenvalue weighted by Crippen LogP contribution is -2.13. The highest BCUT2D eigenvalue weighted by molar-refractivity contribution is 7.45. The van der Waals surface area contributed by atoms with Gasteiger partial charge in [0, 0.05) is 0 Å². The summed E-state index contributed by atoms with van der Waals surface area (Å²) in [6.45, 7) is 3.21. The minimum atomic E-state index is -1.87. The summed E-state index contributed by atoms with van der Waals surface area (Å²) in [5.41, 5.74) is -0.616. The van der Waals surface area contributed by atoms with Crippen LogP contribution in [-0.2, 0) is 9.36 Å². The van der Waals surface area contributed by atoms with Gasteiger partial charge in [0.05, 0.1) is 7.80 Å². The zero-order chi connectivity index (χ0) is 7.44. The molecule has 0 aliphatic rings. The van der Waals surface area contributed by atoms with Crippen molar-refractivity contribution in [3.05, 3.63) is 0 Å². The minimum absolute atomic E-state index is 0.462. The van der Waals surface area contributed by atoms with Crippen LogP contribution in [0.4, 0.5) is 0 Å². The highest BCUT2D eigenvalue weighted by atomic mass is 31.1. The molecule has 0 saturated carbocycles. The van der Waals surface area contributed by atoms with Crippen LogP contribution in [-0.4, -0.2) is 23.4 Å². The second-order valence-electron chi connectivity index (χ2n) is 1.91. The molecule has 0 aromatic rings. The van der Waals surface area contributed by atoms with E-state index in [0.717, 1.165) is 0 Å². The van der Waals surface area contributed by atoms with Gasteiger partial charge in [-0.05, 0) is 13.1 Å². The van der Waals surface area contributed by atoms with Crippen molar-refractivity contribution >= 4 is 13.8 Å². The maximum atomic E-state index is 10.6. The van der Waals surface area contributed by atoms with E-state index in [-0.39, 0.29) is 0 Å². The van der Waals surface area contributed by atoms with Crippen LogP contribution in [0.15, 0.2) is 0 Å². The van der Waals surface area contributed by atoms with Crippen molar-refractivity contribution in [1.29, 1.82) is 0 Å². The summed E-state index contributed by atoms with van der Waals surface area (Å²) in [6.07, 6.45) is 0.462. The first-order valence-electron chi connectivity index (χ1n) is 2.82. The fraction of sp³-hybridized carbons (Fsp3) is 0.800. The average molecular weight is 150 g/mol. The highest BCUT2D eigenvalue weighted by Gasteiger charge is 2.17. The van der Waals surface area contributed by atoms with Gasteiger partial charge in [0.15, 0.2) is 0 Å². The molecule has 4 heteroatoms. The number of aliphatic carboxylic acids is 1. The van der Waals surface area contributed by atoms with Gasteiger partial charge < -0.3 is 9.67 Å². The van der Waals surface area contributed by atoms with E-state index < -0.39 is 19.4 Å². The van der Waals surface area contributed by atoms with Crippen LogP contribution in [0.1, 0.15) is 13.3 Å². The van der Waals surface area contributed by atoms with Gasteiger partial charge >= 0.3 is 5.97 Å². The van der Waals surface area contributed by atoms with E-state index in [2.05, 4.69) is 0 Å². The number of hydrogen-bond donors (Lipinski definition) is 1. The molecule has 0 rings (SSSR count). The molecule has 0 saturated heterocycles. The molecule has 0 spiro atoms. The second-order valence-corrected chi connectivity index (χ2v) is 3.83. The van der Waals surface area contributed by atoms with Crippen molar-refractivity contribution in [3.8, 4) is 0 Å². The molecular weight excluding hydrogens is 139 g/mol. The Kier molecular flexibility index (Phi) is 3.55. The lowest BCUT2D eigenvalue weighted by Gasteiger charge is -2.03. The monoisotopic (exact) mass is 150 g/mol. The van der Waals surface area contributed by atoms with Crippen LogP contribution in [0.3, 0.4) is 0 Å². The zero-order valence-corrected chi connectivity index (χ0v) is 6.55. The van der Waals surface area contributed by atoms with Crippen molar-refractivity contribution in [2.45, 2.75) is 19.0 Å². The largest absolute Gasteiger partial charge is 0.481 e. The van der Waals surface area contributed by atoms with Crippen molar-refractivity contribution in [1.82, 2.24) is 0 Å². The van der Waals surface area contributed by atoms with E-state index in [1.165, 1.54) is 6.66 Å². The maximum absolute atomic E-state index is 10.6. The minimum Gasteiger partial charge on any atom is -0.481 e. The van der Waals surface area contributed by atoms with E-state index >= 15 is 0 Å². The van der Waals surface area contributed by atoms with E-state index in [0.29, 0.717) is 6.42 Å². The van der Waals surface area contributed by atoms with Crippen molar-refractivity contribution in [2.75, 3.05) is 6.66 Å². The predicted molar refractivity (Wildman–Crippen MR) is 36.6 cm³/mol. The predicted octanol–water partition coefficient (Wildman–Crippen LogP) is 1.04. The molecule has 0 amide bonds. The van der Waals surface area contributed by atoms with Gasteiger partial charge in [-0.25, -0.2) is 0 Å². The Morgan fingerprint density at radius 1 is 1.78 bits per heavy atom. The van der Waals surface area contributed by atoms with Gasteiger partial charge in [-0.2, -0.15) is 0 Å². The standard InChI is InChI=1S/C5H11O3P/c1-3-4(5(6)7)9(2)8/h4,9H,3H2,1-2H3,(H,6,7). The molecule has 0 aromatic heterocycles. The maximum Gasteiger partial charge on any atom is 0.313 e. The third-order valence-corrected chi connectivity index (χ3v) is 2.83. The van der Waals surface area contributed by atoms with Crippen LogP contribution < -0.4 is 0 Å². The zero-order valence-electron chi connectivity index (χ0n) is 5.55. The quantitative estimate of drug-likeness (QED) is 0.611. The molecule has 3 nitrogen and oxygen atoms in total. The second kappa shape index (κ2) is 3.67. The van der Waals surface area contributed by atoms with Crippen LogP contribution in [0, 0.1) is 0 Å². The first-order valence-corrected chi connectivity index (χ1v) is 4.81. The Bertz CT molecular complexity index is 118. The Labute approximate surface area is 54.9 Å². The molecule has 0 aliphatic carbocycles. The van der Waals surface area contributed by atoms with E-state index in [1.807, 2.05) is 0 Å². The highest BCUT2D eigenvalue weighted by Crippen LogP contribution is 2.25. The van der Waals surface area contributed by atoms with Gasteiger partial charge in [0.1, 0.15) is 5.66 Å². The number of carbonyl (C=O) groups is 1. The van der Waals surface area contributed by atoms with E-state index in [1.54, 1.807) is 6.92 Å². The van der Waals surface area contributed by atoms with Crippen LogP contribution in [0.2, 0.25) is 0 Å². The molecule has 2 unspecified atom stereocenters. The lowest BCUT2D eigenvalue weighted by molar-refractivity contribution is -0.136. The Morgan fingerprint density at radius 3 is 2.22 bits per heavy atom.